The highest BCUT2D eigenvalue weighted by atomic mass is 32.2. The van der Waals surface area contributed by atoms with Crippen molar-refractivity contribution in [2.45, 2.75) is 31.6 Å². The van der Waals surface area contributed by atoms with Crippen molar-refractivity contribution in [3.8, 4) is 0 Å². The van der Waals surface area contributed by atoms with Gasteiger partial charge in [-0.3, -0.25) is 4.55 Å². The summed E-state index contributed by atoms with van der Waals surface area (Å²) in [7, 11) is -2.82. The third kappa shape index (κ3) is 1.91. The zero-order valence-electron chi connectivity index (χ0n) is 6.99. The molecule has 0 atom stereocenters. The summed E-state index contributed by atoms with van der Waals surface area (Å²) in [6.07, 6.45) is 0.498. The highest BCUT2D eigenvalue weighted by Crippen LogP contribution is 2.25. The average molecular weight is 182 g/mol. The molecule has 0 spiro atoms. The summed E-state index contributed by atoms with van der Waals surface area (Å²) in [5, 5.41) is 0. The first-order chi connectivity index (χ1) is 4.93. The van der Waals surface area contributed by atoms with Crippen LogP contribution in [0.4, 0.5) is 0 Å². The Hall–Kier alpha value is -0.130. The van der Waals surface area contributed by atoms with E-state index in [9.17, 15) is 8.42 Å². The number of hydrogen-bond acceptors (Lipinski definition) is 3. The molecule has 0 aromatic heterocycles. The van der Waals surface area contributed by atoms with Gasteiger partial charge in [-0.15, -0.1) is 0 Å². The quantitative estimate of drug-likeness (QED) is 0.660. The third-order valence-corrected chi connectivity index (χ3v) is 3.60. The summed E-state index contributed by atoms with van der Waals surface area (Å²) in [6.45, 7) is 3.31. The normalized spacial score (nSPS) is 13.5. The number of rotatable bonds is 4. The third-order valence-electron chi connectivity index (χ3n) is 1.92. The SMILES string of the molecule is CCC(CC)(OC)S(=O)(=O)O. The Balaban J connectivity index is 4.86. The van der Waals surface area contributed by atoms with Crippen molar-refractivity contribution in [3.05, 3.63) is 0 Å². The second-order valence-electron chi connectivity index (χ2n) is 2.30. The molecule has 0 radical (unpaired) electrons. The molecule has 5 heteroatoms. The standard InChI is InChI=1S/C6H14O4S/c1-4-6(5-2,10-3)11(7,8)9/h4-5H2,1-3H3,(H,7,8,9). The average Bonchev–Trinajstić information content (AvgIpc) is 1.90. The molecule has 0 saturated heterocycles. The smallest absolute Gasteiger partial charge is 0.295 e. The van der Waals surface area contributed by atoms with E-state index in [1.165, 1.54) is 7.11 Å². The molecular weight excluding hydrogens is 168 g/mol. The van der Waals surface area contributed by atoms with E-state index in [-0.39, 0.29) is 12.8 Å². The van der Waals surface area contributed by atoms with Crippen LogP contribution in [-0.2, 0) is 14.9 Å². The molecule has 0 aliphatic rings. The highest BCUT2D eigenvalue weighted by molar-refractivity contribution is 7.87. The fraction of sp³-hybridized carbons (Fsp3) is 1.00. The summed E-state index contributed by atoms with van der Waals surface area (Å²) in [5.74, 6) is 0. The molecule has 0 aromatic rings. The van der Waals surface area contributed by atoms with E-state index in [2.05, 4.69) is 0 Å². The second-order valence-corrected chi connectivity index (χ2v) is 3.99. The minimum atomic E-state index is -4.10. The maximum Gasteiger partial charge on any atom is 0.295 e. The van der Waals surface area contributed by atoms with Gasteiger partial charge in [0.2, 0.25) is 0 Å². The molecule has 0 fully saturated rings. The maximum atomic E-state index is 10.8. The van der Waals surface area contributed by atoms with Gasteiger partial charge in [0.1, 0.15) is 0 Å². The van der Waals surface area contributed by atoms with Crippen LogP contribution < -0.4 is 0 Å². The maximum absolute atomic E-state index is 10.8. The van der Waals surface area contributed by atoms with Crippen molar-refractivity contribution >= 4 is 10.1 Å². The first-order valence-corrected chi connectivity index (χ1v) is 4.89. The molecule has 1 N–H and O–H groups in total. The summed E-state index contributed by atoms with van der Waals surface area (Å²) in [5.41, 5.74) is 0. The van der Waals surface area contributed by atoms with Crippen LogP contribution in [0.15, 0.2) is 0 Å². The van der Waals surface area contributed by atoms with Gasteiger partial charge < -0.3 is 4.74 Å². The molecule has 0 rings (SSSR count). The topological polar surface area (TPSA) is 63.6 Å². The van der Waals surface area contributed by atoms with Crippen molar-refractivity contribution < 1.29 is 17.7 Å². The molecular formula is C6H14O4S. The molecule has 0 saturated carbocycles. The molecule has 0 bridgehead atoms. The van der Waals surface area contributed by atoms with E-state index in [1.807, 2.05) is 0 Å². The Morgan fingerprint density at radius 3 is 1.73 bits per heavy atom. The Bertz CT molecular complexity index is 194. The van der Waals surface area contributed by atoms with Crippen LogP contribution in [0, 0.1) is 0 Å². The van der Waals surface area contributed by atoms with Crippen LogP contribution >= 0.6 is 0 Å². The van der Waals surface area contributed by atoms with Gasteiger partial charge in [0.15, 0.2) is 4.93 Å². The zero-order valence-corrected chi connectivity index (χ0v) is 7.81. The number of ether oxygens (including phenoxy) is 1. The molecule has 0 aliphatic heterocycles. The van der Waals surface area contributed by atoms with Gasteiger partial charge in [-0.2, -0.15) is 8.42 Å². The van der Waals surface area contributed by atoms with Crippen LogP contribution in [0.5, 0.6) is 0 Å². The zero-order chi connectivity index (χ0) is 9.12. The first-order valence-electron chi connectivity index (χ1n) is 3.45. The van der Waals surface area contributed by atoms with E-state index < -0.39 is 15.1 Å². The first kappa shape index (κ1) is 10.9. The lowest BCUT2D eigenvalue weighted by Crippen LogP contribution is -2.38. The molecule has 0 unspecified atom stereocenters. The van der Waals surface area contributed by atoms with Gasteiger partial charge in [0, 0.05) is 7.11 Å². The van der Waals surface area contributed by atoms with Crippen LogP contribution in [-0.4, -0.2) is 25.0 Å². The van der Waals surface area contributed by atoms with Crippen LogP contribution in [0.25, 0.3) is 0 Å². The fourth-order valence-electron chi connectivity index (χ4n) is 1.01. The van der Waals surface area contributed by atoms with Crippen molar-refractivity contribution in [1.82, 2.24) is 0 Å². The van der Waals surface area contributed by atoms with E-state index in [0.717, 1.165) is 0 Å². The van der Waals surface area contributed by atoms with E-state index >= 15 is 0 Å². The van der Waals surface area contributed by atoms with E-state index in [0.29, 0.717) is 0 Å². The lowest BCUT2D eigenvalue weighted by Gasteiger charge is -2.25. The fourth-order valence-corrected chi connectivity index (χ4v) is 1.95. The monoisotopic (exact) mass is 182 g/mol. The molecule has 0 aliphatic carbocycles. The molecule has 68 valence electrons. The molecule has 4 nitrogen and oxygen atoms in total. The molecule has 0 aromatic carbocycles. The Morgan fingerprint density at radius 1 is 1.36 bits per heavy atom. The largest absolute Gasteiger partial charge is 0.360 e. The van der Waals surface area contributed by atoms with E-state index in [4.69, 9.17) is 9.29 Å². The molecule has 0 amide bonds. The van der Waals surface area contributed by atoms with Gasteiger partial charge in [0.25, 0.3) is 10.1 Å². The highest BCUT2D eigenvalue weighted by Gasteiger charge is 2.39. The lowest BCUT2D eigenvalue weighted by molar-refractivity contribution is 0.0472. The van der Waals surface area contributed by atoms with Gasteiger partial charge in [-0.25, -0.2) is 0 Å². The number of hydrogen-bond donors (Lipinski definition) is 1. The Morgan fingerprint density at radius 2 is 1.73 bits per heavy atom. The van der Waals surface area contributed by atoms with Crippen molar-refractivity contribution in [2.75, 3.05) is 7.11 Å². The molecule has 11 heavy (non-hydrogen) atoms. The summed E-state index contributed by atoms with van der Waals surface area (Å²) < 4.78 is 35.1. The van der Waals surface area contributed by atoms with Gasteiger partial charge in [-0.05, 0) is 12.8 Å². The van der Waals surface area contributed by atoms with Crippen molar-refractivity contribution in [2.24, 2.45) is 0 Å². The van der Waals surface area contributed by atoms with Crippen molar-refractivity contribution in [3.63, 3.8) is 0 Å². The van der Waals surface area contributed by atoms with Crippen molar-refractivity contribution in [1.29, 1.82) is 0 Å². The molecule has 0 heterocycles. The van der Waals surface area contributed by atoms with Gasteiger partial charge in [0.05, 0.1) is 0 Å². The minimum Gasteiger partial charge on any atom is -0.360 e. The van der Waals surface area contributed by atoms with Gasteiger partial charge >= 0.3 is 0 Å². The van der Waals surface area contributed by atoms with Crippen LogP contribution in [0.1, 0.15) is 26.7 Å². The van der Waals surface area contributed by atoms with Gasteiger partial charge in [-0.1, -0.05) is 13.8 Å². The summed E-state index contributed by atoms with van der Waals surface area (Å²) >= 11 is 0. The summed E-state index contributed by atoms with van der Waals surface area (Å²) in [4.78, 5) is -1.41. The Kier molecular flexibility index (Phi) is 3.47. The lowest BCUT2D eigenvalue weighted by atomic mass is 10.2. The predicted molar refractivity (Wildman–Crippen MR) is 41.9 cm³/mol. The second kappa shape index (κ2) is 3.51. The van der Waals surface area contributed by atoms with Crippen LogP contribution in [0.3, 0.4) is 0 Å². The van der Waals surface area contributed by atoms with Crippen LogP contribution in [0.2, 0.25) is 0 Å². The summed E-state index contributed by atoms with van der Waals surface area (Å²) in [6, 6.07) is 0. The van der Waals surface area contributed by atoms with E-state index in [1.54, 1.807) is 13.8 Å². The minimum absolute atomic E-state index is 0.249. The Labute approximate surface area is 67.3 Å². The number of methoxy groups -OCH3 is 1. The predicted octanol–water partition coefficient (Wildman–Crippen LogP) is 1.04.